The number of nitrogens with one attached hydrogen (secondary N) is 1. The lowest BCUT2D eigenvalue weighted by Crippen LogP contribution is -2.35. The maximum atomic E-state index is 12.5. The molecule has 2 aromatic rings. The highest BCUT2D eigenvalue weighted by Gasteiger charge is 2.26. The number of rotatable bonds is 6. The molecule has 1 aromatic heterocycles. The van der Waals surface area contributed by atoms with Crippen LogP contribution in [0.25, 0.3) is 11.3 Å². The third-order valence-electron chi connectivity index (χ3n) is 4.25. The van der Waals surface area contributed by atoms with Gasteiger partial charge in [0.2, 0.25) is 0 Å². The summed E-state index contributed by atoms with van der Waals surface area (Å²) in [5.74, 6) is -0.0231. The summed E-state index contributed by atoms with van der Waals surface area (Å²) in [6.07, 6.45) is 2.57. The molecule has 0 radical (unpaired) electrons. The highest BCUT2D eigenvalue weighted by molar-refractivity contribution is 9.10. The summed E-state index contributed by atoms with van der Waals surface area (Å²) < 4.78 is 1.02. The minimum Gasteiger partial charge on any atom is -0.339 e. The van der Waals surface area contributed by atoms with Crippen LogP contribution in [0.4, 0.5) is 0 Å². The number of carbonyl (C=O) groups is 1. The van der Waals surface area contributed by atoms with Gasteiger partial charge in [0.05, 0.1) is 5.69 Å². The smallest absolute Gasteiger partial charge is 0.271 e. The topological polar surface area (TPSA) is 52.2 Å². The average Bonchev–Trinajstić information content (AvgIpc) is 3.30. The summed E-state index contributed by atoms with van der Waals surface area (Å²) in [7, 11) is 3.96. The highest BCUT2D eigenvalue weighted by atomic mass is 79.9. The zero-order chi connectivity index (χ0) is 16.4. The molecule has 0 bridgehead atoms. The molecule has 3 rings (SSSR count). The van der Waals surface area contributed by atoms with Crippen LogP contribution in [0.5, 0.6) is 0 Å². The molecule has 1 fully saturated rings. The summed E-state index contributed by atoms with van der Waals surface area (Å²) in [4.78, 5) is 16.5. The molecule has 0 atom stereocenters. The molecule has 0 saturated heterocycles. The van der Waals surface area contributed by atoms with Crippen LogP contribution in [-0.2, 0) is 0 Å². The number of amides is 1. The molecular formula is C17H21BrN4O. The Labute approximate surface area is 144 Å². The lowest BCUT2D eigenvalue weighted by Gasteiger charge is -2.21. The fraction of sp³-hybridized carbons (Fsp3) is 0.412. The normalized spacial score (nSPS) is 14.3. The van der Waals surface area contributed by atoms with E-state index in [4.69, 9.17) is 0 Å². The Kier molecular flexibility index (Phi) is 4.82. The van der Waals surface area contributed by atoms with Crippen molar-refractivity contribution in [2.75, 3.05) is 27.2 Å². The first kappa shape index (κ1) is 16.2. The van der Waals surface area contributed by atoms with Gasteiger partial charge in [-0.25, -0.2) is 0 Å². The van der Waals surface area contributed by atoms with Crippen LogP contribution in [0.15, 0.2) is 34.8 Å². The van der Waals surface area contributed by atoms with Gasteiger partial charge in [0.25, 0.3) is 5.91 Å². The van der Waals surface area contributed by atoms with Gasteiger partial charge in [0, 0.05) is 36.2 Å². The van der Waals surface area contributed by atoms with Crippen molar-refractivity contribution in [2.45, 2.75) is 18.9 Å². The van der Waals surface area contributed by atoms with Gasteiger partial charge in [-0.3, -0.25) is 9.89 Å². The van der Waals surface area contributed by atoms with Gasteiger partial charge in [0.15, 0.2) is 0 Å². The zero-order valence-electron chi connectivity index (χ0n) is 13.4. The molecule has 1 amide bonds. The van der Waals surface area contributed by atoms with E-state index in [1.54, 1.807) is 4.90 Å². The number of hydrogen-bond acceptors (Lipinski definition) is 3. The molecule has 0 unspecified atom stereocenters. The monoisotopic (exact) mass is 376 g/mol. The van der Waals surface area contributed by atoms with E-state index in [1.807, 2.05) is 37.4 Å². The molecule has 1 aliphatic rings. The van der Waals surface area contributed by atoms with Crippen molar-refractivity contribution in [1.29, 1.82) is 0 Å². The van der Waals surface area contributed by atoms with Crippen molar-refractivity contribution in [3.63, 3.8) is 0 Å². The maximum Gasteiger partial charge on any atom is 0.271 e. The Morgan fingerprint density at radius 3 is 2.61 bits per heavy atom. The summed E-state index contributed by atoms with van der Waals surface area (Å²) >= 11 is 3.42. The van der Waals surface area contributed by atoms with E-state index in [9.17, 15) is 4.79 Å². The van der Waals surface area contributed by atoms with Crippen molar-refractivity contribution < 1.29 is 4.79 Å². The molecule has 1 heterocycles. The number of hydrogen-bond donors (Lipinski definition) is 1. The second kappa shape index (κ2) is 6.84. The van der Waals surface area contributed by atoms with E-state index in [0.717, 1.165) is 34.9 Å². The maximum absolute atomic E-state index is 12.5. The number of benzene rings is 1. The summed E-state index contributed by atoms with van der Waals surface area (Å²) in [6.45, 7) is 1.62. The number of nitrogens with zero attached hydrogens (tertiary/aromatic N) is 3. The number of carbonyl (C=O) groups excluding carboxylic acids is 1. The second-order valence-corrected chi connectivity index (χ2v) is 7.03. The van der Waals surface area contributed by atoms with Crippen molar-refractivity contribution >= 4 is 21.8 Å². The van der Waals surface area contributed by atoms with E-state index in [1.165, 1.54) is 12.8 Å². The van der Waals surface area contributed by atoms with E-state index in [0.29, 0.717) is 5.69 Å². The van der Waals surface area contributed by atoms with Gasteiger partial charge in [-0.05, 0) is 38.1 Å². The van der Waals surface area contributed by atoms with Crippen molar-refractivity contribution in [2.24, 2.45) is 0 Å². The lowest BCUT2D eigenvalue weighted by molar-refractivity contribution is 0.0775. The van der Waals surface area contributed by atoms with Gasteiger partial charge in [-0.15, -0.1) is 0 Å². The second-order valence-electron chi connectivity index (χ2n) is 6.11. The SMILES string of the molecule is CN(CCN(C)C1CC1)C(=O)c1cc(-c2ccc(Br)cc2)n[nH]1. The Bertz CT molecular complexity index is 678. The molecule has 1 aromatic carbocycles. The average molecular weight is 377 g/mol. The van der Waals surface area contributed by atoms with Crippen LogP contribution in [-0.4, -0.2) is 59.1 Å². The Morgan fingerprint density at radius 2 is 1.96 bits per heavy atom. The molecule has 1 N–H and O–H groups in total. The fourth-order valence-electron chi connectivity index (χ4n) is 2.51. The van der Waals surface area contributed by atoms with Crippen LogP contribution in [0.3, 0.4) is 0 Å². The minimum atomic E-state index is -0.0231. The first-order valence-corrected chi connectivity index (χ1v) is 8.61. The van der Waals surface area contributed by atoms with E-state index >= 15 is 0 Å². The van der Waals surface area contributed by atoms with E-state index in [2.05, 4.69) is 38.1 Å². The first-order chi connectivity index (χ1) is 11.0. The Morgan fingerprint density at radius 1 is 1.26 bits per heavy atom. The van der Waals surface area contributed by atoms with Gasteiger partial charge in [-0.2, -0.15) is 5.10 Å². The Balaban J connectivity index is 1.62. The number of H-pyrrole nitrogens is 1. The molecule has 1 aliphatic carbocycles. The summed E-state index contributed by atoms with van der Waals surface area (Å²) in [5.41, 5.74) is 2.29. The van der Waals surface area contributed by atoms with Crippen LogP contribution in [0.2, 0.25) is 0 Å². The summed E-state index contributed by atoms with van der Waals surface area (Å²) in [6, 6.07) is 10.4. The standard InChI is InChI=1S/C17H21BrN4O/c1-21(14-7-8-14)9-10-22(2)17(23)16-11-15(19-20-16)12-3-5-13(18)6-4-12/h3-6,11,14H,7-10H2,1-2H3,(H,19,20). The van der Waals surface area contributed by atoms with Crippen LogP contribution in [0, 0.1) is 0 Å². The summed E-state index contributed by atoms with van der Waals surface area (Å²) in [5, 5.41) is 7.11. The molecule has 23 heavy (non-hydrogen) atoms. The third-order valence-corrected chi connectivity index (χ3v) is 4.78. The molecule has 0 aliphatic heterocycles. The van der Waals surface area contributed by atoms with Crippen molar-refractivity contribution in [3.8, 4) is 11.3 Å². The molecule has 6 heteroatoms. The molecule has 1 saturated carbocycles. The molecule has 122 valence electrons. The minimum absolute atomic E-state index is 0.0231. The quantitative estimate of drug-likeness (QED) is 0.842. The zero-order valence-corrected chi connectivity index (χ0v) is 15.0. The predicted molar refractivity (Wildman–Crippen MR) is 94.3 cm³/mol. The van der Waals surface area contributed by atoms with Crippen molar-refractivity contribution in [1.82, 2.24) is 20.0 Å². The van der Waals surface area contributed by atoms with Crippen LogP contribution >= 0.6 is 15.9 Å². The number of aromatic amines is 1. The van der Waals surface area contributed by atoms with E-state index in [-0.39, 0.29) is 5.91 Å². The fourth-order valence-corrected chi connectivity index (χ4v) is 2.78. The van der Waals surface area contributed by atoms with Crippen molar-refractivity contribution in [3.05, 3.63) is 40.5 Å². The van der Waals surface area contributed by atoms with Gasteiger partial charge >= 0.3 is 0 Å². The molecule has 5 nitrogen and oxygen atoms in total. The predicted octanol–water partition coefficient (Wildman–Crippen LogP) is 3.01. The largest absolute Gasteiger partial charge is 0.339 e. The Hall–Kier alpha value is -1.66. The number of aromatic nitrogens is 2. The van der Waals surface area contributed by atoms with Crippen LogP contribution in [0.1, 0.15) is 23.3 Å². The lowest BCUT2D eigenvalue weighted by atomic mass is 10.1. The van der Waals surface area contributed by atoms with Crippen LogP contribution < -0.4 is 0 Å². The van der Waals surface area contributed by atoms with Gasteiger partial charge in [-0.1, -0.05) is 28.1 Å². The first-order valence-electron chi connectivity index (χ1n) is 7.81. The van der Waals surface area contributed by atoms with Gasteiger partial charge < -0.3 is 9.80 Å². The number of halogens is 1. The van der Waals surface area contributed by atoms with Gasteiger partial charge in [0.1, 0.15) is 5.69 Å². The van der Waals surface area contributed by atoms with E-state index < -0.39 is 0 Å². The number of likely N-dealkylation sites (N-methyl/N-ethyl adjacent to an activating group) is 2. The molecule has 0 spiro atoms. The highest BCUT2D eigenvalue weighted by Crippen LogP contribution is 2.25. The molecular weight excluding hydrogens is 356 g/mol. The third kappa shape index (κ3) is 4.00.